The highest BCUT2D eigenvalue weighted by Crippen LogP contribution is 2.54. The summed E-state index contributed by atoms with van der Waals surface area (Å²) >= 11 is 2.05. The largest absolute Gasteiger partial charge is 0.389 e. The summed E-state index contributed by atoms with van der Waals surface area (Å²) in [6.07, 6.45) is 7.86. The lowest BCUT2D eigenvalue weighted by atomic mass is 9.64. The molecule has 3 heteroatoms. The van der Waals surface area contributed by atoms with Gasteiger partial charge in [0.2, 0.25) is 0 Å². The summed E-state index contributed by atoms with van der Waals surface area (Å²) in [4.78, 5) is 0. The molecule has 1 N–H and O–H groups in total. The van der Waals surface area contributed by atoms with Gasteiger partial charge in [-0.15, -0.1) is 0 Å². The Labute approximate surface area is 121 Å². The van der Waals surface area contributed by atoms with Crippen LogP contribution in [0.4, 0.5) is 0 Å². The van der Waals surface area contributed by atoms with E-state index in [2.05, 4.69) is 25.6 Å². The molecule has 0 radical (unpaired) electrons. The summed E-state index contributed by atoms with van der Waals surface area (Å²) in [5.41, 5.74) is -0.267. The lowest BCUT2D eigenvalue weighted by molar-refractivity contribution is -0.170. The van der Waals surface area contributed by atoms with Gasteiger partial charge in [0.25, 0.3) is 0 Å². The molecule has 2 nitrogen and oxygen atoms in total. The Kier molecular flexibility index (Phi) is 3.68. The van der Waals surface area contributed by atoms with Gasteiger partial charge in [-0.1, -0.05) is 13.8 Å². The maximum Gasteiger partial charge on any atom is 0.0728 e. The number of hydrogen-bond acceptors (Lipinski definition) is 3. The van der Waals surface area contributed by atoms with E-state index in [4.69, 9.17) is 4.74 Å². The molecule has 2 atom stereocenters. The first-order chi connectivity index (χ1) is 8.98. The summed E-state index contributed by atoms with van der Waals surface area (Å²) in [6, 6.07) is 0. The predicted octanol–water partition coefficient (Wildman–Crippen LogP) is 3.62. The fraction of sp³-hybridized carbons (Fsp3) is 1.00. The first-order valence-electron chi connectivity index (χ1n) is 7.92. The van der Waals surface area contributed by atoms with Crippen molar-refractivity contribution < 1.29 is 9.84 Å². The molecular formula is C16H28O2S. The maximum atomic E-state index is 11.3. The molecule has 110 valence electrons. The highest BCUT2D eigenvalue weighted by Gasteiger charge is 2.55. The molecule has 2 saturated heterocycles. The zero-order valence-corrected chi connectivity index (χ0v) is 13.2. The van der Waals surface area contributed by atoms with Crippen LogP contribution in [-0.4, -0.2) is 34.4 Å². The quantitative estimate of drug-likeness (QED) is 0.797. The van der Waals surface area contributed by atoms with E-state index >= 15 is 0 Å². The van der Waals surface area contributed by atoms with Gasteiger partial charge < -0.3 is 9.84 Å². The van der Waals surface area contributed by atoms with E-state index in [9.17, 15) is 5.11 Å². The second kappa shape index (κ2) is 4.92. The minimum absolute atomic E-state index is 0.0829. The Morgan fingerprint density at radius 2 is 1.84 bits per heavy atom. The van der Waals surface area contributed by atoms with Gasteiger partial charge in [0.05, 0.1) is 11.2 Å². The van der Waals surface area contributed by atoms with Gasteiger partial charge in [-0.25, -0.2) is 0 Å². The zero-order valence-electron chi connectivity index (χ0n) is 12.4. The summed E-state index contributed by atoms with van der Waals surface area (Å²) in [6.45, 7) is 5.38. The second-order valence-corrected chi connectivity index (χ2v) is 8.72. The zero-order chi connectivity index (χ0) is 13.6. The molecule has 0 bridgehead atoms. The molecule has 2 heterocycles. The van der Waals surface area contributed by atoms with E-state index in [1.54, 1.807) is 0 Å². The van der Waals surface area contributed by atoms with Crippen molar-refractivity contribution in [3.63, 3.8) is 0 Å². The molecule has 2 unspecified atom stereocenters. The third-order valence-corrected chi connectivity index (χ3v) is 7.09. The highest BCUT2D eigenvalue weighted by atomic mass is 32.2. The van der Waals surface area contributed by atoms with Gasteiger partial charge in [0.1, 0.15) is 0 Å². The molecular weight excluding hydrogens is 256 g/mol. The van der Waals surface area contributed by atoms with Crippen LogP contribution in [0.2, 0.25) is 0 Å². The maximum absolute atomic E-state index is 11.3. The third-order valence-electron chi connectivity index (χ3n) is 6.10. The van der Waals surface area contributed by atoms with Crippen molar-refractivity contribution in [3.8, 4) is 0 Å². The van der Waals surface area contributed by atoms with Crippen LogP contribution in [0.1, 0.15) is 58.8 Å². The van der Waals surface area contributed by atoms with Crippen molar-refractivity contribution in [3.05, 3.63) is 0 Å². The summed E-state index contributed by atoms with van der Waals surface area (Å²) in [5, 5.41) is 11.3. The Balaban J connectivity index is 1.78. The summed E-state index contributed by atoms with van der Waals surface area (Å²) in [5.74, 6) is 2.91. The average molecular weight is 284 g/mol. The van der Waals surface area contributed by atoms with Crippen molar-refractivity contribution in [1.29, 1.82) is 0 Å². The lowest BCUT2D eigenvalue weighted by Crippen LogP contribution is -2.53. The number of rotatable bonds is 1. The normalized spacial score (nSPS) is 41.5. The molecule has 1 spiro atoms. The van der Waals surface area contributed by atoms with Crippen molar-refractivity contribution in [2.24, 2.45) is 11.3 Å². The van der Waals surface area contributed by atoms with E-state index in [1.807, 2.05) is 0 Å². The SMILES string of the molecule is CC1(C)CCCC1(O)C1CCOC2(CCSCC2)C1. The van der Waals surface area contributed by atoms with Crippen molar-refractivity contribution >= 4 is 11.8 Å². The summed E-state index contributed by atoms with van der Waals surface area (Å²) < 4.78 is 6.18. The highest BCUT2D eigenvalue weighted by molar-refractivity contribution is 7.99. The van der Waals surface area contributed by atoms with E-state index in [0.717, 1.165) is 25.9 Å². The molecule has 2 aliphatic heterocycles. The van der Waals surface area contributed by atoms with Gasteiger partial charge in [-0.2, -0.15) is 11.8 Å². The Morgan fingerprint density at radius 1 is 1.11 bits per heavy atom. The lowest BCUT2D eigenvalue weighted by Gasteiger charge is -2.51. The molecule has 0 amide bonds. The van der Waals surface area contributed by atoms with E-state index in [1.165, 1.54) is 37.2 Å². The van der Waals surface area contributed by atoms with Gasteiger partial charge in [0, 0.05) is 6.61 Å². The molecule has 3 rings (SSSR count). The number of aliphatic hydroxyl groups is 1. The molecule has 0 aromatic rings. The standard InChI is InChI=1S/C16H28O2S/c1-14(2)5-3-6-16(14,17)13-4-9-18-15(12-13)7-10-19-11-8-15/h13,17H,3-12H2,1-2H3. The van der Waals surface area contributed by atoms with Gasteiger partial charge in [-0.05, 0) is 67.8 Å². The van der Waals surface area contributed by atoms with Gasteiger partial charge in [-0.3, -0.25) is 0 Å². The molecule has 1 aliphatic carbocycles. The fourth-order valence-corrected chi connectivity index (χ4v) is 5.88. The molecule has 3 fully saturated rings. The van der Waals surface area contributed by atoms with Crippen molar-refractivity contribution in [2.45, 2.75) is 70.0 Å². The molecule has 3 aliphatic rings. The van der Waals surface area contributed by atoms with Crippen LogP contribution in [0.3, 0.4) is 0 Å². The van der Waals surface area contributed by atoms with Crippen LogP contribution in [0.15, 0.2) is 0 Å². The van der Waals surface area contributed by atoms with E-state index in [0.29, 0.717) is 5.92 Å². The fourth-order valence-electron chi connectivity index (χ4n) is 4.64. The van der Waals surface area contributed by atoms with Gasteiger partial charge in [0.15, 0.2) is 0 Å². The van der Waals surface area contributed by atoms with Crippen LogP contribution in [0.5, 0.6) is 0 Å². The molecule has 19 heavy (non-hydrogen) atoms. The predicted molar refractivity (Wildman–Crippen MR) is 80.5 cm³/mol. The van der Waals surface area contributed by atoms with Crippen molar-refractivity contribution in [2.75, 3.05) is 18.1 Å². The smallest absolute Gasteiger partial charge is 0.0728 e. The Bertz CT molecular complexity index is 330. The number of hydrogen-bond donors (Lipinski definition) is 1. The van der Waals surface area contributed by atoms with E-state index < -0.39 is 5.60 Å². The molecule has 0 aromatic heterocycles. The number of ether oxygens (including phenoxy) is 1. The molecule has 1 saturated carbocycles. The average Bonchev–Trinajstić information content (AvgIpc) is 2.66. The second-order valence-electron chi connectivity index (χ2n) is 7.50. The minimum Gasteiger partial charge on any atom is -0.389 e. The minimum atomic E-state index is -0.450. The van der Waals surface area contributed by atoms with Gasteiger partial charge >= 0.3 is 0 Å². The first kappa shape index (κ1) is 14.2. The Morgan fingerprint density at radius 3 is 2.47 bits per heavy atom. The van der Waals surface area contributed by atoms with Crippen molar-refractivity contribution in [1.82, 2.24) is 0 Å². The van der Waals surface area contributed by atoms with Crippen LogP contribution < -0.4 is 0 Å². The van der Waals surface area contributed by atoms with Crippen LogP contribution in [-0.2, 0) is 4.74 Å². The Hall–Kier alpha value is 0.270. The van der Waals surface area contributed by atoms with Crippen LogP contribution >= 0.6 is 11.8 Å². The number of thioether (sulfide) groups is 1. The monoisotopic (exact) mass is 284 g/mol. The summed E-state index contributed by atoms with van der Waals surface area (Å²) in [7, 11) is 0. The molecule has 0 aromatic carbocycles. The first-order valence-corrected chi connectivity index (χ1v) is 9.07. The van der Waals surface area contributed by atoms with Crippen LogP contribution in [0, 0.1) is 11.3 Å². The third kappa shape index (κ3) is 2.36. The van der Waals surface area contributed by atoms with E-state index in [-0.39, 0.29) is 11.0 Å². The van der Waals surface area contributed by atoms with Crippen LogP contribution in [0.25, 0.3) is 0 Å². The topological polar surface area (TPSA) is 29.5 Å².